The molecule has 1 heterocycles. The number of methoxy groups -OCH3 is 1. The molecule has 4 nitrogen and oxygen atoms in total. The first-order valence-corrected chi connectivity index (χ1v) is 6.55. The molecular weight excluding hydrogens is 240 g/mol. The third-order valence-corrected chi connectivity index (χ3v) is 4.23. The molecule has 1 atom stereocenters. The molecule has 1 unspecified atom stereocenters. The molecule has 19 heavy (non-hydrogen) atoms. The SMILES string of the molecule is COc1ccc2c(c1)c1c(n2C)CCC(C(N)=O)C1. The van der Waals surface area contributed by atoms with Crippen LogP contribution in [-0.2, 0) is 24.7 Å². The van der Waals surface area contributed by atoms with Crippen LogP contribution in [-0.4, -0.2) is 17.6 Å². The summed E-state index contributed by atoms with van der Waals surface area (Å²) >= 11 is 0. The topological polar surface area (TPSA) is 57.2 Å². The van der Waals surface area contributed by atoms with Gasteiger partial charge in [0.05, 0.1) is 7.11 Å². The Kier molecular flexibility index (Phi) is 2.73. The van der Waals surface area contributed by atoms with E-state index in [2.05, 4.69) is 23.7 Å². The summed E-state index contributed by atoms with van der Waals surface area (Å²) < 4.78 is 7.52. The monoisotopic (exact) mass is 258 g/mol. The van der Waals surface area contributed by atoms with Gasteiger partial charge in [0.2, 0.25) is 5.91 Å². The van der Waals surface area contributed by atoms with Crippen molar-refractivity contribution >= 4 is 16.8 Å². The Hall–Kier alpha value is -1.97. The molecule has 1 aromatic heterocycles. The summed E-state index contributed by atoms with van der Waals surface area (Å²) in [5.74, 6) is 0.622. The molecule has 1 amide bonds. The molecule has 3 rings (SSSR count). The van der Waals surface area contributed by atoms with Crippen molar-refractivity contribution in [1.29, 1.82) is 0 Å². The highest BCUT2D eigenvalue weighted by atomic mass is 16.5. The molecule has 0 fully saturated rings. The van der Waals surface area contributed by atoms with Gasteiger partial charge in [-0.2, -0.15) is 0 Å². The van der Waals surface area contributed by atoms with E-state index in [1.54, 1.807) is 7.11 Å². The third-order valence-electron chi connectivity index (χ3n) is 4.23. The lowest BCUT2D eigenvalue weighted by Crippen LogP contribution is -2.28. The van der Waals surface area contributed by atoms with Crippen LogP contribution in [0, 0.1) is 5.92 Å². The van der Waals surface area contributed by atoms with Gasteiger partial charge in [0.1, 0.15) is 5.75 Å². The van der Waals surface area contributed by atoms with Crippen molar-refractivity contribution in [3.63, 3.8) is 0 Å². The Morgan fingerprint density at radius 1 is 1.47 bits per heavy atom. The van der Waals surface area contributed by atoms with E-state index in [9.17, 15) is 4.79 Å². The molecule has 0 aliphatic heterocycles. The molecule has 2 aromatic rings. The van der Waals surface area contributed by atoms with Gasteiger partial charge < -0.3 is 15.0 Å². The fourth-order valence-corrected chi connectivity index (χ4v) is 3.13. The highest BCUT2D eigenvalue weighted by Gasteiger charge is 2.27. The standard InChI is InChI=1S/C15H18N2O2/c1-17-13-5-3-9(15(16)18)7-11(13)12-8-10(19-2)4-6-14(12)17/h4,6,8-9H,3,5,7H2,1-2H3,(H2,16,18). The van der Waals surface area contributed by atoms with Crippen LogP contribution in [0.4, 0.5) is 0 Å². The van der Waals surface area contributed by atoms with E-state index in [4.69, 9.17) is 10.5 Å². The minimum atomic E-state index is -0.189. The maximum absolute atomic E-state index is 11.4. The van der Waals surface area contributed by atoms with Crippen LogP contribution in [0.3, 0.4) is 0 Å². The van der Waals surface area contributed by atoms with Crippen LogP contribution in [0.1, 0.15) is 17.7 Å². The fourth-order valence-electron chi connectivity index (χ4n) is 3.13. The van der Waals surface area contributed by atoms with Crippen LogP contribution < -0.4 is 10.5 Å². The molecule has 0 saturated heterocycles. The zero-order valence-electron chi connectivity index (χ0n) is 11.3. The number of ether oxygens (including phenoxy) is 1. The predicted octanol–water partition coefficient (Wildman–Crippen LogP) is 1.78. The van der Waals surface area contributed by atoms with E-state index in [1.165, 1.54) is 22.2 Å². The summed E-state index contributed by atoms with van der Waals surface area (Å²) in [6, 6.07) is 6.10. The number of amides is 1. The minimum Gasteiger partial charge on any atom is -0.497 e. The van der Waals surface area contributed by atoms with E-state index < -0.39 is 0 Å². The molecule has 0 radical (unpaired) electrons. The second-order valence-electron chi connectivity index (χ2n) is 5.21. The lowest BCUT2D eigenvalue weighted by atomic mass is 9.86. The van der Waals surface area contributed by atoms with E-state index in [-0.39, 0.29) is 11.8 Å². The molecule has 1 aliphatic carbocycles. The first-order valence-electron chi connectivity index (χ1n) is 6.55. The van der Waals surface area contributed by atoms with Gasteiger partial charge in [0.25, 0.3) is 0 Å². The van der Waals surface area contributed by atoms with Crippen molar-refractivity contribution in [2.75, 3.05) is 7.11 Å². The third kappa shape index (κ3) is 1.79. The molecule has 0 spiro atoms. The normalized spacial score (nSPS) is 18.3. The highest BCUT2D eigenvalue weighted by Crippen LogP contribution is 2.35. The molecule has 1 aromatic carbocycles. The largest absolute Gasteiger partial charge is 0.497 e. The second-order valence-corrected chi connectivity index (χ2v) is 5.21. The van der Waals surface area contributed by atoms with Crippen molar-refractivity contribution in [3.05, 3.63) is 29.5 Å². The highest BCUT2D eigenvalue weighted by molar-refractivity contribution is 5.88. The number of carbonyl (C=O) groups excluding carboxylic acids is 1. The van der Waals surface area contributed by atoms with Gasteiger partial charge in [-0.25, -0.2) is 0 Å². The van der Waals surface area contributed by atoms with Gasteiger partial charge >= 0.3 is 0 Å². The fraction of sp³-hybridized carbons (Fsp3) is 0.400. The Morgan fingerprint density at radius 2 is 2.26 bits per heavy atom. The van der Waals surface area contributed by atoms with Gasteiger partial charge in [-0.3, -0.25) is 4.79 Å². The molecule has 100 valence electrons. The van der Waals surface area contributed by atoms with Crippen LogP contribution in [0.15, 0.2) is 18.2 Å². The first-order chi connectivity index (χ1) is 9.11. The minimum absolute atomic E-state index is 0.0377. The molecule has 0 saturated carbocycles. The molecule has 1 aliphatic rings. The Labute approximate surface area is 112 Å². The molecule has 4 heteroatoms. The van der Waals surface area contributed by atoms with Gasteiger partial charge in [-0.05, 0) is 43.0 Å². The summed E-state index contributed by atoms with van der Waals surface area (Å²) in [5, 5.41) is 1.18. The van der Waals surface area contributed by atoms with Crippen molar-refractivity contribution in [3.8, 4) is 5.75 Å². The van der Waals surface area contributed by atoms with Crippen LogP contribution in [0.2, 0.25) is 0 Å². The zero-order chi connectivity index (χ0) is 13.6. The smallest absolute Gasteiger partial charge is 0.220 e. The number of carbonyl (C=O) groups is 1. The lowest BCUT2D eigenvalue weighted by molar-refractivity contribution is -0.122. The summed E-state index contributed by atoms with van der Waals surface area (Å²) in [7, 11) is 3.75. The predicted molar refractivity (Wildman–Crippen MR) is 74.2 cm³/mol. The van der Waals surface area contributed by atoms with Crippen molar-refractivity contribution < 1.29 is 9.53 Å². The van der Waals surface area contributed by atoms with Crippen LogP contribution in [0.5, 0.6) is 5.75 Å². The number of nitrogens with two attached hydrogens (primary N) is 1. The Balaban J connectivity index is 2.18. The van der Waals surface area contributed by atoms with Crippen LogP contribution >= 0.6 is 0 Å². The number of primary amides is 1. The number of aromatic nitrogens is 1. The molecule has 2 N–H and O–H groups in total. The second kappa shape index (κ2) is 4.30. The number of rotatable bonds is 2. The van der Waals surface area contributed by atoms with E-state index in [0.29, 0.717) is 0 Å². The van der Waals surface area contributed by atoms with Gasteiger partial charge in [0, 0.05) is 29.6 Å². The van der Waals surface area contributed by atoms with Gasteiger partial charge in [-0.1, -0.05) is 0 Å². The number of nitrogens with zero attached hydrogens (tertiary/aromatic N) is 1. The van der Waals surface area contributed by atoms with Crippen molar-refractivity contribution in [1.82, 2.24) is 4.57 Å². The van der Waals surface area contributed by atoms with Crippen molar-refractivity contribution in [2.24, 2.45) is 18.7 Å². The average Bonchev–Trinajstić information content (AvgIpc) is 2.71. The maximum Gasteiger partial charge on any atom is 0.220 e. The van der Waals surface area contributed by atoms with E-state index in [1.807, 2.05) is 6.07 Å². The van der Waals surface area contributed by atoms with Crippen molar-refractivity contribution in [2.45, 2.75) is 19.3 Å². The summed E-state index contributed by atoms with van der Waals surface area (Å²) in [6.07, 6.45) is 2.51. The zero-order valence-corrected chi connectivity index (χ0v) is 11.3. The van der Waals surface area contributed by atoms with E-state index >= 15 is 0 Å². The average molecular weight is 258 g/mol. The summed E-state index contributed by atoms with van der Waals surface area (Å²) in [4.78, 5) is 11.4. The number of hydrogen-bond donors (Lipinski definition) is 1. The Morgan fingerprint density at radius 3 is 2.95 bits per heavy atom. The quantitative estimate of drug-likeness (QED) is 0.892. The Bertz CT molecular complexity index is 658. The van der Waals surface area contributed by atoms with E-state index in [0.717, 1.165) is 25.0 Å². The number of hydrogen-bond acceptors (Lipinski definition) is 2. The number of benzene rings is 1. The van der Waals surface area contributed by atoms with Gasteiger partial charge in [0.15, 0.2) is 0 Å². The molecular formula is C15H18N2O2. The maximum atomic E-state index is 11.4. The summed E-state index contributed by atoms with van der Waals surface area (Å²) in [6.45, 7) is 0. The van der Waals surface area contributed by atoms with Crippen LogP contribution in [0.25, 0.3) is 10.9 Å². The number of fused-ring (bicyclic) bond motifs is 3. The van der Waals surface area contributed by atoms with Gasteiger partial charge in [-0.15, -0.1) is 0 Å². The first kappa shape index (κ1) is 12.1. The lowest BCUT2D eigenvalue weighted by Gasteiger charge is -2.20. The summed E-state index contributed by atoms with van der Waals surface area (Å²) in [5.41, 5.74) is 9.23. The number of aryl methyl sites for hydroxylation is 1. The molecule has 0 bridgehead atoms.